The van der Waals surface area contributed by atoms with Crippen LogP contribution in [0, 0.1) is 0 Å². The molecule has 0 saturated carbocycles. The van der Waals surface area contributed by atoms with E-state index in [1.165, 1.54) is 0 Å². The van der Waals surface area contributed by atoms with E-state index in [1.807, 2.05) is 6.92 Å². The summed E-state index contributed by atoms with van der Waals surface area (Å²) in [6.45, 7) is 11.7. The first-order valence-corrected chi connectivity index (χ1v) is 8.83. The summed E-state index contributed by atoms with van der Waals surface area (Å²) in [5, 5.41) is 5.81. The Morgan fingerprint density at radius 2 is 1.38 bits per heavy atom. The minimum atomic E-state index is -0.0643. The number of hydrogen-bond acceptors (Lipinski definition) is 2. The molecule has 0 aliphatic carbocycles. The number of hydrogen-bond donors (Lipinski definition) is 2. The van der Waals surface area contributed by atoms with E-state index in [0.717, 1.165) is 48.1 Å². The molecule has 6 nitrogen and oxygen atoms in total. The fourth-order valence-electron chi connectivity index (χ4n) is 2.90. The largest absolute Gasteiger partial charge is 0.356 e. The van der Waals surface area contributed by atoms with Crippen LogP contribution in [0.5, 0.6) is 0 Å². The van der Waals surface area contributed by atoms with Crippen LogP contribution in [-0.4, -0.2) is 81.8 Å². The molecule has 0 rings (SSSR count). The smallest absolute Gasteiger partial charge is 0.246 e. The molecule has 0 heterocycles. The second-order valence-electron chi connectivity index (χ2n) is 7.91. The van der Waals surface area contributed by atoms with E-state index in [1.54, 1.807) is 6.92 Å². The third-order valence-corrected chi connectivity index (χ3v) is 3.96. The third-order valence-electron chi connectivity index (χ3n) is 3.96. The maximum absolute atomic E-state index is 11.5. The Labute approximate surface area is 148 Å². The van der Waals surface area contributed by atoms with Crippen molar-refractivity contribution < 1.29 is 18.6 Å². The van der Waals surface area contributed by atoms with Gasteiger partial charge in [-0.05, 0) is 6.92 Å². The van der Waals surface area contributed by atoms with Crippen LogP contribution >= 0.6 is 0 Å². The van der Waals surface area contributed by atoms with E-state index in [2.05, 4.69) is 45.4 Å². The van der Waals surface area contributed by atoms with Gasteiger partial charge in [0.1, 0.15) is 0 Å². The molecular formula is C18H38N4O2+2. The molecule has 2 amide bonds. The molecule has 140 valence electrons. The van der Waals surface area contributed by atoms with Crippen LogP contribution in [-0.2, 0) is 9.59 Å². The zero-order valence-corrected chi connectivity index (χ0v) is 16.6. The van der Waals surface area contributed by atoms with Gasteiger partial charge in [-0.25, -0.2) is 0 Å². The quantitative estimate of drug-likeness (QED) is 0.241. The molecule has 0 bridgehead atoms. The molecule has 0 fully saturated rings. The molecule has 0 aromatic rings. The highest BCUT2D eigenvalue weighted by Crippen LogP contribution is 2.08. The van der Waals surface area contributed by atoms with Gasteiger partial charge in [-0.1, -0.05) is 13.5 Å². The summed E-state index contributed by atoms with van der Waals surface area (Å²) in [6, 6.07) is 0. The predicted octanol–water partition coefficient (Wildman–Crippen LogP) is 1.10. The Morgan fingerprint density at radius 3 is 1.79 bits per heavy atom. The molecular weight excluding hydrogens is 304 g/mol. The first-order chi connectivity index (χ1) is 11.0. The van der Waals surface area contributed by atoms with Gasteiger partial charge in [0.05, 0.1) is 41.3 Å². The number of nitrogens with zero attached hydrogens (tertiary/aromatic N) is 2. The molecule has 0 atom stereocenters. The SMILES string of the molecule is C=C(C)C(=O)NCCC[N+](C)(C)C[N+](C)(C)CCCNC(=O)CC. The van der Waals surface area contributed by atoms with Crippen molar-refractivity contribution in [2.24, 2.45) is 0 Å². The number of rotatable bonds is 12. The second-order valence-corrected chi connectivity index (χ2v) is 7.91. The summed E-state index contributed by atoms with van der Waals surface area (Å²) in [7, 11) is 8.90. The molecule has 0 unspecified atom stereocenters. The normalized spacial score (nSPS) is 11.9. The average molecular weight is 343 g/mol. The van der Waals surface area contributed by atoms with Gasteiger partial charge in [-0.2, -0.15) is 0 Å². The molecule has 0 aliphatic rings. The first kappa shape index (κ1) is 22.6. The van der Waals surface area contributed by atoms with E-state index >= 15 is 0 Å². The standard InChI is InChI=1S/C18H36N4O2/c1-8-17(23)19-11-9-13-21(4,5)15-22(6,7)14-10-12-20-18(24)16(2)3/h2,8-15H2,1,3-7H3/p+2. The van der Waals surface area contributed by atoms with E-state index < -0.39 is 0 Å². The van der Waals surface area contributed by atoms with Crippen molar-refractivity contribution in [1.29, 1.82) is 0 Å². The van der Waals surface area contributed by atoms with Crippen LogP contribution in [0.3, 0.4) is 0 Å². The fraction of sp³-hybridized carbons (Fsp3) is 0.778. The molecule has 6 heteroatoms. The lowest BCUT2D eigenvalue weighted by Crippen LogP contribution is -2.56. The lowest BCUT2D eigenvalue weighted by Gasteiger charge is -2.39. The molecule has 24 heavy (non-hydrogen) atoms. The van der Waals surface area contributed by atoms with Crippen LogP contribution in [0.2, 0.25) is 0 Å². The zero-order valence-electron chi connectivity index (χ0n) is 16.6. The van der Waals surface area contributed by atoms with E-state index in [-0.39, 0.29) is 11.8 Å². The summed E-state index contributed by atoms with van der Waals surface area (Å²) in [6.07, 6.45) is 2.47. The summed E-state index contributed by atoms with van der Waals surface area (Å²) in [5.41, 5.74) is 0.553. The minimum Gasteiger partial charge on any atom is -0.356 e. The minimum absolute atomic E-state index is 0.0643. The van der Waals surface area contributed by atoms with Gasteiger partial charge in [0.25, 0.3) is 0 Å². The second kappa shape index (κ2) is 10.5. The van der Waals surface area contributed by atoms with Crippen molar-refractivity contribution in [1.82, 2.24) is 10.6 Å². The van der Waals surface area contributed by atoms with E-state index in [0.29, 0.717) is 18.5 Å². The highest BCUT2D eigenvalue weighted by atomic mass is 16.2. The number of nitrogens with one attached hydrogen (secondary N) is 2. The van der Waals surface area contributed by atoms with Crippen molar-refractivity contribution in [2.75, 3.05) is 61.0 Å². The van der Waals surface area contributed by atoms with Gasteiger partial charge in [0.15, 0.2) is 0 Å². The maximum atomic E-state index is 11.5. The molecule has 0 aromatic carbocycles. The Bertz CT molecular complexity index is 431. The van der Waals surface area contributed by atoms with Crippen molar-refractivity contribution >= 4 is 11.8 Å². The summed E-state index contributed by atoms with van der Waals surface area (Å²) < 4.78 is 1.81. The Hall–Kier alpha value is -1.40. The fourth-order valence-corrected chi connectivity index (χ4v) is 2.90. The van der Waals surface area contributed by atoms with Crippen molar-refractivity contribution in [3.8, 4) is 0 Å². The highest BCUT2D eigenvalue weighted by molar-refractivity contribution is 5.91. The lowest BCUT2D eigenvalue weighted by atomic mass is 10.3. The Balaban J connectivity index is 4.09. The predicted molar refractivity (Wildman–Crippen MR) is 99.2 cm³/mol. The van der Waals surface area contributed by atoms with Gasteiger partial charge in [-0.15, -0.1) is 0 Å². The van der Waals surface area contributed by atoms with Crippen LogP contribution in [0.1, 0.15) is 33.1 Å². The van der Waals surface area contributed by atoms with Gasteiger partial charge in [0, 0.05) is 37.9 Å². The number of carbonyl (C=O) groups excluding carboxylic acids is 2. The van der Waals surface area contributed by atoms with Crippen LogP contribution in [0.25, 0.3) is 0 Å². The number of quaternary nitrogens is 2. The third kappa shape index (κ3) is 11.2. The maximum Gasteiger partial charge on any atom is 0.246 e. The van der Waals surface area contributed by atoms with Gasteiger partial charge >= 0.3 is 0 Å². The molecule has 2 N–H and O–H groups in total. The number of amides is 2. The van der Waals surface area contributed by atoms with Crippen LogP contribution in [0.15, 0.2) is 12.2 Å². The van der Waals surface area contributed by atoms with E-state index in [4.69, 9.17) is 0 Å². The molecule has 0 radical (unpaired) electrons. The van der Waals surface area contributed by atoms with Gasteiger partial charge < -0.3 is 10.6 Å². The van der Waals surface area contributed by atoms with Gasteiger partial charge in [-0.3, -0.25) is 18.6 Å². The van der Waals surface area contributed by atoms with Gasteiger partial charge in [0.2, 0.25) is 18.5 Å². The summed E-state index contributed by atoms with van der Waals surface area (Å²) in [5.74, 6) is 0.0544. The topological polar surface area (TPSA) is 58.2 Å². The Morgan fingerprint density at radius 1 is 0.917 bits per heavy atom. The average Bonchev–Trinajstić information content (AvgIpc) is 2.46. The lowest BCUT2D eigenvalue weighted by molar-refractivity contribution is -1.07. The monoisotopic (exact) mass is 342 g/mol. The first-order valence-electron chi connectivity index (χ1n) is 8.83. The van der Waals surface area contributed by atoms with Crippen molar-refractivity contribution in [3.63, 3.8) is 0 Å². The molecule has 0 aromatic heterocycles. The zero-order chi connectivity index (χ0) is 18.8. The van der Waals surface area contributed by atoms with Crippen LogP contribution in [0.4, 0.5) is 0 Å². The Kier molecular flexibility index (Phi) is 9.85. The molecule has 0 spiro atoms. The van der Waals surface area contributed by atoms with E-state index in [9.17, 15) is 9.59 Å². The summed E-state index contributed by atoms with van der Waals surface area (Å²) >= 11 is 0. The highest BCUT2D eigenvalue weighted by Gasteiger charge is 2.26. The number of carbonyl (C=O) groups is 2. The van der Waals surface area contributed by atoms with Crippen molar-refractivity contribution in [2.45, 2.75) is 33.1 Å². The van der Waals surface area contributed by atoms with Crippen molar-refractivity contribution in [3.05, 3.63) is 12.2 Å². The van der Waals surface area contributed by atoms with Crippen LogP contribution < -0.4 is 10.6 Å². The molecule has 0 aliphatic heterocycles. The summed E-state index contributed by atoms with van der Waals surface area (Å²) in [4.78, 5) is 22.7. The molecule has 0 saturated heterocycles.